The Bertz CT molecular complexity index is 531. The molecule has 0 saturated heterocycles. The van der Waals surface area contributed by atoms with Crippen LogP contribution in [0.15, 0.2) is 48.2 Å². The highest BCUT2D eigenvalue weighted by Crippen LogP contribution is 2.27. The van der Waals surface area contributed by atoms with E-state index in [2.05, 4.69) is 11.9 Å². The number of hydrogen-bond acceptors (Lipinski definition) is 1. The van der Waals surface area contributed by atoms with Gasteiger partial charge in [-0.3, -0.25) is 0 Å². The minimum absolute atomic E-state index is 0.413. The zero-order valence-corrected chi connectivity index (χ0v) is 11.0. The predicted molar refractivity (Wildman–Crippen MR) is 76.5 cm³/mol. The van der Waals surface area contributed by atoms with Crippen LogP contribution in [-0.4, -0.2) is 6.17 Å². The molecule has 0 aliphatic heterocycles. The third-order valence-corrected chi connectivity index (χ3v) is 3.14. The number of anilines is 1. The SMILES string of the molecule is C=Cc1cc(Cl)ccc1NC1=CCC(F)C=C1C. The lowest BCUT2D eigenvalue weighted by Gasteiger charge is -2.18. The summed E-state index contributed by atoms with van der Waals surface area (Å²) in [7, 11) is 0. The fourth-order valence-corrected chi connectivity index (χ4v) is 2.11. The van der Waals surface area contributed by atoms with Crippen molar-refractivity contribution in [3.05, 3.63) is 58.8 Å². The normalized spacial score (nSPS) is 18.9. The van der Waals surface area contributed by atoms with Crippen molar-refractivity contribution in [3.8, 4) is 0 Å². The third kappa shape index (κ3) is 2.82. The molecule has 0 amide bonds. The maximum Gasteiger partial charge on any atom is 0.122 e. The van der Waals surface area contributed by atoms with Crippen LogP contribution in [0.4, 0.5) is 10.1 Å². The summed E-state index contributed by atoms with van der Waals surface area (Å²) in [5.74, 6) is 0. The summed E-state index contributed by atoms with van der Waals surface area (Å²) in [5, 5.41) is 3.96. The third-order valence-electron chi connectivity index (χ3n) is 2.91. The largest absolute Gasteiger partial charge is 0.355 e. The van der Waals surface area contributed by atoms with Gasteiger partial charge in [0.1, 0.15) is 6.17 Å². The molecular formula is C15H15ClFN. The molecule has 1 aliphatic rings. The smallest absolute Gasteiger partial charge is 0.122 e. The van der Waals surface area contributed by atoms with Crippen molar-refractivity contribution in [1.82, 2.24) is 0 Å². The molecule has 1 atom stereocenters. The van der Waals surface area contributed by atoms with Crippen LogP contribution in [0.3, 0.4) is 0 Å². The Kier molecular flexibility index (Phi) is 3.87. The van der Waals surface area contributed by atoms with Gasteiger partial charge in [0.25, 0.3) is 0 Å². The Hall–Kier alpha value is -1.54. The number of rotatable bonds is 3. The van der Waals surface area contributed by atoms with Crippen LogP contribution in [0.2, 0.25) is 5.02 Å². The summed E-state index contributed by atoms with van der Waals surface area (Å²) in [6, 6.07) is 5.56. The summed E-state index contributed by atoms with van der Waals surface area (Å²) in [6.45, 7) is 5.66. The molecule has 1 N–H and O–H groups in total. The molecule has 1 aliphatic carbocycles. The van der Waals surface area contributed by atoms with Crippen molar-refractivity contribution in [2.75, 3.05) is 5.32 Å². The van der Waals surface area contributed by atoms with Crippen LogP contribution in [0, 0.1) is 0 Å². The van der Waals surface area contributed by atoms with Gasteiger partial charge in [0.2, 0.25) is 0 Å². The molecule has 1 aromatic carbocycles. The molecule has 1 nitrogen and oxygen atoms in total. The minimum Gasteiger partial charge on any atom is -0.355 e. The summed E-state index contributed by atoms with van der Waals surface area (Å²) >= 11 is 5.93. The van der Waals surface area contributed by atoms with Gasteiger partial charge in [-0.1, -0.05) is 30.3 Å². The molecule has 94 valence electrons. The van der Waals surface area contributed by atoms with Crippen LogP contribution in [0.5, 0.6) is 0 Å². The van der Waals surface area contributed by atoms with Crippen molar-refractivity contribution in [2.45, 2.75) is 19.5 Å². The van der Waals surface area contributed by atoms with Crippen molar-refractivity contribution in [2.24, 2.45) is 0 Å². The monoisotopic (exact) mass is 263 g/mol. The van der Waals surface area contributed by atoms with Crippen LogP contribution in [0.25, 0.3) is 6.08 Å². The molecule has 0 radical (unpaired) electrons. The summed E-state index contributed by atoms with van der Waals surface area (Å²) in [4.78, 5) is 0. The summed E-state index contributed by atoms with van der Waals surface area (Å²) in [5.41, 5.74) is 3.71. The zero-order valence-electron chi connectivity index (χ0n) is 10.2. The first-order valence-corrected chi connectivity index (χ1v) is 6.20. The van der Waals surface area contributed by atoms with Crippen LogP contribution in [0.1, 0.15) is 18.9 Å². The van der Waals surface area contributed by atoms with Crippen LogP contribution >= 0.6 is 11.6 Å². The summed E-state index contributed by atoms with van der Waals surface area (Å²) in [6.07, 6.45) is 4.79. The van der Waals surface area contributed by atoms with Gasteiger partial charge in [-0.05, 0) is 42.3 Å². The quantitative estimate of drug-likeness (QED) is 0.812. The summed E-state index contributed by atoms with van der Waals surface area (Å²) < 4.78 is 13.2. The maximum absolute atomic E-state index is 13.2. The molecular weight excluding hydrogens is 249 g/mol. The highest BCUT2D eigenvalue weighted by molar-refractivity contribution is 6.30. The maximum atomic E-state index is 13.2. The van der Waals surface area contributed by atoms with Crippen molar-refractivity contribution >= 4 is 23.4 Å². The minimum atomic E-state index is -0.875. The van der Waals surface area contributed by atoms with Gasteiger partial charge in [-0.15, -0.1) is 0 Å². The molecule has 3 heteroatoms. The van der Waals surface area contributed by atoms with Gasteiger partial charge < -0.3 is 5.32 Å². The molecule has 1 unspecified atom stereocenters. The number of allylic oxidation sites excluding steroid dienone is 3. The molecule has 0 bridgehead atoms. The first-order valence-electron chi connectivity index (χ1n) is 5.82. The van der Waals surface area contributed by atoms with E-state index in [0.717, 1.165) is 22.5 Å². The predicted octanol–water partition coefficient (Wildman–Crippen LogP) is 4.97. The van der Waals surface area contributed by atoms with Gasteiger partial charge in [0.15, 0.2) is 0 Å². The van der Waals surface area contributed by atoms with E-state index >= 15 is 0 Å². The lowest BCUT2D eigenvalue weighted by atomic mass is 10.0. The average Bonchev–Trinajstić information content (AvgIpc) is 2.34. The Labute approximate surface area is 112 Å². The van der Waals surface area contributed by atoms with Crippen LogP contribution < -0.4 is 5.32 Å². The van der Waals surface area contributed by atoms with E-state index in [1.807, 2.05) is 31.2 Å². The van der Waals surface area contributed by atoms with Gasteiger partial charge in [0.05, 0.1) is 0 Å². The van der Waals surface area contributed by atoms with Gasteiger partial charge in [-0.25, -0.2) is 4.39 Å². The zero-order chi connectivity index (χ0) is 13.1. The second-order valence-corrected chi connectivity index (χ2v) is 4.72. The van der Waals surface area contributed by atoms with Gasteiger partial charge >= 0.3 is 0 Å². The molecule has 1 aromatic rings. The first-order chi connectivity index (χ1) is 8.60. The standard InChI is InChI=1S/C15H15ClFN/c1-3-11-9-12(16)4-6-15(11)18-14-7-5-13(17)8-10(14)2/h3-4,6-9,13,18H,1,5H2,2H3. The lowest BCUT2D eigenvalue weighted by Crippen LogP contribution is -2.09. The number of nitrogens with one attached hydrogen (secondary N) is 1. The first kappa shape index (κ1) is 12.9. The topological polar surface area (TPSA) is 12.0 Å². The van der Waals surface area contributed by atoms with E-state index in [1.54, 1.807) is 12.2 Å². The van der Waals surface area contributed by atoms with Crippen molar-refractivity contribution in [3.63, 3.8) is 0 Å². The highest BCUT2D eigenvalue weighted by Gasteiger charge is 2.12. The Morgan fingerprint density at radius 3 is 2.94 bits per heavy atom. The molecule has 0 saturated carbocycles. The highest BCUT2D eigenvalue weighted by atomic mass is 35.5. The lowest BCUT2D eigenvalue weighted by molar-refractivity contribution is 0.399. The second-order valence-electron chi connectivity index (χ2n) is 4.28. The Morgan fingerprint density at radius 2 is 2.28 bits per heavy atom. The van der Waals surface area contributed by atoms with E-state index in [0.29, 0.717) is 11.4 Å². The van der Waals surface area contributed by atoms with Gasteiger partial charge in [-0.2, -0.15) is 0 Å². The van der Waals surface area contributed by atoms with E-state index in [-0.39, 0.29) is 0 Å². The average molecular weight is 264 g/mol. The molecule has 0 aromatic heterocycles. The number of halogens is 2. The molecule has 0 heterocycles. The van der Waals surface area contributed by atoms with Crippen molar-refractivity contribution < 1.29 is 4.39 Å². The van der Waals surface area contributed by atoms with Gasteiger partial charge in [0, 0.05) is 22.8 Å². The Balaban J connectivity index is 2.25. The number of alkyl halides is 1. The molecule has 0 spiro atoms. The molecule has 0 fully saturated rings. The van der Waals surface area contributed by atoms with E-state index in [9.17, 15) is 4.39 Å². The van der Waals surface area contributed by atoms with Crippen LogP contribution in [-0.2, 0) is 0 Å². The molecule has 18 heavy (non-hydrogen) atoms. The second kappa shape index (κ2) is 5.40. The molecule has 2 rings (SSSR count). The van der Waals surface area contributed by atoms with E-state index < -0.39 is 6.17 Å². The number of benzene rings is 1. The number of hydrogen-bond donors (Lipinski definition) is 1. The van der Waals surface area contributed by atoms with E-state index in [1.165, 1.54) is 0 Å². The van der Waals surface area contributed by atoms with E-state index in [4.69, 9.17) is 11.6 Å². The Morgan fingerprint density at radius 1 is 1.50 bits per heavy atom. The fourth-order valence-electron chi connectivity index (χ4n) is 1.93. The van der Waals surface area contributed by atoms with Crippen molar-refractivity contribution in [1.29, 1.82) is 0 Å². The fraction of sp³-hybridized carbons (Fsp3) is 0.200.